The van der Waals surface area contributed by atoms with Crippen LogP contribution >= 0.6 is 0 Å². The lowest BCUT2D eigenvalue weighted by Crippen LogP contribution is -2.20. The van der Waals surface area contributed by atoms with E-state index in [2.05, 4.69) is 4.98 Å². The van der Waals surface area contributed by atoms with Gasteiger partial charge in [0.2, 0.25) is 5.91 Å². The van der Waals surface area contributed by atoms with Crippen LogP contribution in [0.2, 0.25) is 0 Å². The second-order valence-corrected chi connectivity index (χ2v) is 3.98. The van der Waals surface area contributed by atoms with Crippen LogP contribution in [-0.4, -0.2) is 10.9 Å². The molecule has 0 aliphatic carbocycles. The molecule has 0 unspecified atom stereocenters. The van der Waals surface area contributed by atoms with E-state index in [1.54, 1.807) is 0 Å². The summed E-state index contributed by atoms with van der Waals surface area (Å²) in [6.07, 6.45) is -3.14. The summed E-state index contributed by atoms with van der Waals surface area (Å²) in [6.45, 7) is 0. The first-order valence-electron chi connectivity index (χ1n) is 5.41. The van der Waals surface area contributed by atoms with Crippen LogP contribution in [0.5, 0.6) is 0 Å². The Morgan fingerprint density at radius 2 is 1.70 bits per heavy atom. The molecule has 2 aromatic rings. The number of nitrogens with two attached hydrogens (primary N) is 1. The zero-order valence-corrected chi connectivity index (χ0v) is 9.91. The van der Waals surface area contributed by atoms with Gasteiger partial charge in [-0.3, -0.25) is 9.78 Å². The van der Waals surface area contributed by atoms with Gasteiger partial charge in [0.05, 0.1) is 11.1 Å². The normalized spacial score (nSPS) is 11.4. The van der Waals surface area contributed by atoms with Crippen molar-refractivity contribution in [2.24, 2.45) is 5.73 Å². The molecule has 7 heteroatoms. The summed E-state index contributed by atoms with van der Waals surface area (Å²) in [6, 6.07) is 4.64. The standard InChI is InChI=1S/C13H8F4N2O/c14-8-3-1-7(2-4-8)9-5-19-6-10(13(15,16)17)11(9)12(18)20/h1-6H,(H2,18,20). The fourth-order valence-electron chi connectivity index (χ4n) is 1.79. The fraction of sp³-hybridized carbons (Fsp3) is 0.0769. The van der Waals surface area contributed by atoms with Gasteiger partial charge in [0.1, 0.15) is 5.82 Å². The van der Waals surface area contributed by atoms with Gasteiger partial charge in [-0.2, -0.15) is 13.2 Å². The summed E-state index contributed by atoms with van der Waals surface area (Å²) >= 11 is 0. The molecule has 3 nitrogen and oxygen atoms in total. The molecule has 0 aliphatic rings. The molecule has 0 saturated heterocycles. The Kier molecular flexibility index (Phi) is 3.44. The number of primary amides is 1. The van der Waals surface area contributed by atoms with Crippen molar-refractivity contribution in [2.45, 2.75) is 6.18 Å². The summed E-state index contributed by atoms with van der Waals surface area (Å²) in [5.41, 5.74) is 3.27. The number of benzene rings is 1. The number of aromatic nitrogens is 1. The van der Waals surface area contributed by atoms with Gasteiger partial charge < -0.3 is 5.73 Å². The average Bonchev–Trinajstić information content (AvgIpc) is 2.37. The molecule has 0 bridgehead atoms. The lowest BCUT2D eigenvalue weighted by molar-refractivity contribution is -0.138. The first-order chi connectivity index (χ1) is 9.30. The lowest BCUT2D eigenvalue weighted by Gasteiger charge is -2.14. The quantitative estimate of drug-likeness (QED) is 0.862. The van der Waals surface area contributed by atoms with Gasteiger partial charge in [-0.15, -0.1) is 0 Å². The first kappa shape index (κ1) is 14.0. The Bertz CT molecular complexity index is 650. The second-order valence-electron chi connectivity index (χ2n) is 3.98. The van der Waals surface area contributed by atoms with E-state index in [-0.39, 0.29) is 11.1 Å². The maximum atomic E-state index is 12.9. The molecule has 1 aromatic heterocycles. The van der Waals surface area contributed by atoms with E-state index in [9.17, 15) is 22.4 Å². The molecule has 1 amide bonds. The maximum Gasteiger partial charge on any atom is 0.418 e. The monoisotopic (exact) mass is 284 g/mol. The molecule has 0 spiro atoms. The van der Waals surface area contributed by atoms with E-state index in [4.69, 9.17) is 5.73 Å². The number of nitrogens with zero attached hydrogens (tertiary/aromatic N) is 1. The number of carbonyl (C=O) groups excluding carboxylic acids is 1. The summed E-state index contributed by atoms with van der Waals surface area (Å²) < 4.78 is 51.4. The highest BCUT2D eigenvalue weighted by atomic mass is 19.4. The number of carbonyl (C=O) groups is 1. The average molecular weight is 284 g/mol. The molecular weight excluding hydrogens is 276 g/mol. The zero-order valence-electron chi connectivity index (χ0n) is 9.91. The van der Waals surface area contributed by atoms with Gasteiger partial charge in [0.25, 0.3) is 0 Å². The maximum absolute atomic E-state index is 12.9. The number of halogens is 4. The number of rotatable bonds is 2. The second kappa shape index (κ2) is 4.92. The molecule has 20 heavy (non-hydrogen) atoms. The number of amides is 1. The minimum absolute atomic E-state index is 0.0904. The Morgan fingerprint density at radius 3 is 2.20 bits per heavy atom. The van der Waals surface area contributed by atoms with Gasteiger partial charge >= 0.3 is 6.18 Å². The van der Waals surface area contributed by atoms with Crippen LogP contribution in [0, 0.1) is 5.82 Å². The predicted octanol–water partition coefficient (Wildman–Crippen LogP) is 3.01. The van der Waals surface area contributed by atoms with Crippen molar-refractivity contribution in [3.8, 4) is 11.1 Å². The Hall–Kier alpha value is -2.44. The van der Waals surface area contributed by atoms with Crippen LogP contribution in [0.25, 0.3) is 11.1 Å². The van der Waals surface area contributed by atoms with E-state index in [1.807, 2.05) is 0 Å². The summed E-state index contributed by atoms with van der Waals surface area (Å²) in [7, 11) is 0. The molecule has 0 fully saturated rings. The summed E-state index contributed by atoms with van der Waals surface area (Å²) in [5.74, 6) is -1.77. The summed E-state index contributed by atoms with van der Waals surface area (Å²) in [5, 5.41) is 0. The third-order valence-electron chi connectivity index (χ3n) is 2.65. The van der Waals surface area contributed by atoms with Crippen molar-refractivity contribution in [2.75, 3.05) is 0 Å². The number of hydrogen-bond donors (Lipinski definition) is 1. The van der Waals surface area contributed by atoms with Crippen molar-refractivity contribution in [3.05, 3.63) is 53.6 Å². The number of alkyl halides is 3. The Morgan fingerprint density at radius 1 is 1.10 bits per heavy atom. The first-order valence-corrected chi connectivity index (χ1v) is 5.41. The Balaban J connectivity index is 2.71. The van der Waals surface area contributed by atoms with Crippen molar-refractivity contribution >= 4 is 5.91 Å². The largest absolute Gasteiger partial charge is 0.418 e. The third kappa shape index (κ3) is 2.61. The van der Waals surface area contributed by atoms with Crippen LogP contribution in [-0.2, 0) is 6.18 Å². The minimum atomic E-state index is -4.76. The van der Waals surface area contributed by atoms with Gasteiger partial charge in [-0.05, 0) is 17.7 Å². The molecule has 2 rings (SSSR count). The zero-order chi connectivity index (χ0) is 14.9. The van der Waals surface area contributed by atoms with E-state index < -0.39 is 29.0 Å². The van der Waals surface area contributed by atoms with Gasteiger partial charge in [0.15, 0.2) is 0 Å². The lowest BCUT2D eigenvalue weighted by atomic mass is 9.97. The van der Waals surface area contributed by atoms with Gasteiger partial charge in [0, 0.05) is 18.0 Å². The summed E-state index contributed by atoms with van der Waals surface area (Å²) in [4.78, 5) is 14.8. The molecule has 0 aliphatic heterocycles. The molecule has 0 saturated carbocycles. The van der Waals surface area contributed by atoms with Crippen molar-refractivity contribution in [1.82, 2.24) is 4.98 Å². The predicted molar refractivity (Wildman–Crippen MR) is 63.2 cm³/mol. The van der Waals surface area contributed by atoms with E-state index in [1.165, 1.54) is 12.1 Å². The molecule has 0 atom stereocenters. The van der Waals surface area contributed by atoms with Crippen LogP contribution in [0.15, 0.2) is 36.7 Å². The van der Waals surface area contributed by atoms with E-state index in [0.29, 0.717) is 6.20 Å². The van der Waals surface area contributed by atoms with Crippen LogP contribution in [0.4, 0.5) is 17.6 Å². The highest BCUT2D eigenvalue weighted by Gasteiger charge is 2.36. The molecular formula is C13H8F4N2O. The van der Waals surface area contributed by atoms with Gasteiger partial charge in [-0.1, -0.05) is 12.1 Å². The number of hydrogen-bond acceptors (Lipinski definition) is 2. The molecule has 2 N–H and O–H groups in total. The van der Waals surface area contributed by atoms with Crippen molar-refractivity contribution < 1.29 is 22.4 Å². The Labute approximate surface area is 111 Å². The van der Waals surface area contributed by atoms with Gasteiger partial charge in [-0.25, -0.2) is 4.39 Å². The highest BCUT2D eigenvalue weighted by molar-refractivity contribution is 6.01. The smallest absolute Gasteiger partial charge is 0.366 e. The molecule has 0 radical (unpaired) electrons. The fourth-order valence-corrected chi connectivity index (χ4v) is 1.79. The number of pyridine rings is 1. The molecule has 1 heterocycles. The SMILES string of the molecule is NC(=O)c1c(-c2ccc(F)cc2)cncc1C(F)(F)F. The van der Waals surface area contributed by atoms with Crippen molar-refractivity contribution in [3.63, 3.8) is 0 Å². The van der Waals surface area contributed by atoms with E-state index >= 15 is 0 Å². The van der Waals surface area contributed by atoms with Crippen LogP contribution < -0.4 is 5.73 Å². The minimum Gasteiger partial charge on any atom is -0.366 e. The van der Waals surface area contributed by atoms with E-state index in [0.717, 1.165) is 18.3 Å². The molecule has 104 valence electrons. The third-order valence-corrected chi connectivity index (χ3v) is 2.65. The topological polar surface area (TPSA) is 56.0 Å². The van der Waals surface area contributed by atoms with Crippen molar-refractivity contribution in [1.29, 1.82) is 0 Å². The molecule has 1 aromatic carbocycles. The highest BCUT2D eigenvalue weighted by Crippen LogP contribution is 2.35. The van der Waals surface area contributed by atoms with Crippen LogP contribution in [0.1, 0.15) is 15.9 Å². The van der Waals surface area contributed by atoms with Crippen LogP contribution in [0.3, 0.4) is 0 Å².